The van der Waals surface area contributed by atoms with Crippen molar-refractivity contribution < 1.29 is 14.7 Å². The maximum atomic E-state index is 11.4. The van der Waals surface area contributed by atoms with Gasteiger partial charge in [0.05, 0.1) is 12.7 Å². The van der Waals surface area contributed by atoms with Crippen LogP contribution in [0.3, 0.4) is 0 Å². The van der Waals surface area contributed by atoms with E-state index in [2.05, 4.69) is 4.98 Å². The molecule has 0 saturated carbocycles. The number of hydrogen-bond acceptors (Lipinski definition) is 4. The number of carbonyl (C=O) groups excluding carboxylic acids is 1. The van der Waals surface area contributed by atoms with Gasteiger partial charge in [-0.25, -0.2) is 10.5 Å². The van der Waals surface area contributed by atoms with Gasteiger partial charge in [-0.15, -0.1) is 0 Å². The van der Waals surface area contributed by atoms with Gasteiger partial charge in [-0.05, 0) is 29.8 Å². The van der Waals surface area contributed by atoms with E-state index in [-0.39, 0.29) is 0 Å². The van der Waals surface area contributed by atoms with Crippen molar-refractivity contribution in [3.05, 3.63) is 59.9 Å². The van der Waals surface area contributed by atoms with Crippen LogP contribution < -0.4 is 10.2 Å². The number of nitrogens with zero attached hydrogens (tertiary/aromatic N) is 2. The molecule has 1 aromatic carbocycles. The fourth-order valence-corrected chi connectivity index (χ4v) is 2.36. The molecule has 0 atom stereocenters. The molecular weight excluding hydrogens is 282 g/mol. The van der Waals surface area contributed by atoms with Gasteiger partial charge in [-0.1, -0.05) is 12.1 Å². The predicted molar refractivity (Wildman–Crippen MR) is 81.1 cm³/mol. The van der Waals surface area contributed by atoms with E-state index in [0.29, 0.717) is 12.1 Å². The molecule has 0 radical (unpaired) electrons. The lowest BCUT2D eigenvalue weighted by Gasteiger charge is -2.07. The fourth-order valence-electron chi connectivity index (χ4n) is 2.36. The summed E-state index contributed by atoms with van der Waals surface area (Å²) < 4.78 is 7.21. The van der Waals surface area contributed by atoms with Gasteiger partial charge in [-0.2, -0.15) is 0 Å². The highest BCUT2D eigenvalue weighted by Crippen LogP contribution is 2.18. The number of nitrogens with one attached hydrogen (secondary N) is 1. The molecule has 2 aromatic heterocycles. The second-order valence-electron chi connectivity index (χ2n) is 4.87. The van der Waals surface area contributed by atoms with Gasteiger partial charge in [0.15, 0.2) is 0 Å². The first-order valence-corrected chi connectivity index (χ1v) is 6.73. The van der Waals surface area contributed by atoms with Crippen LogP contribution in [0.2, 0.25) is 0 Å². The first kappa shape index (κ1) is 14.1. The van der Waals surface area contributed by atoms with Gasteiger partial charge in [0.25, 0.3) is 5.91 Å². The van der Waals surface area contributed by atoms with Crippen LogP contribution in [-0.2, 0) is 6.54 Å². The van der Waals surface area contributed by atoms with E-state index in [9.17, 15) is 4.79 Å². The maximum Gasteiger partial charge on any atom is 0.276 e. The number of hydroxylamine groups is 1. The van der Waals surface area contributed by atoms with Crippen LogP contribution in [0.4, 0.5) is 0 Å². The molecule has 0 aliphatic rings. The van der Waals surface area contributed by atoms with Crippen LogP contribution >= 0.6 is 0 Å². The molecule has 112 valence electrons. The zero-order valence-corrected chi connectivity index (χ0v) is 12.0. The third kappa shape index (κ3) is 2.64. The van der Waals surface area contributed by atoms with Crippen LogP contribution in [0.5, 0.6) is 5.75 Å². The molecule has 6 heteroatoms. The van der Waals surface area contributed by atoms with Gasteiger partial charge in [0.2, 0.25) is 0 Å². The van der Waals surface area contributed by atoms with Gasteiger partial charge in [0, 0.05) is 24.3 Å². The summed E-state index contributed by atoms with van der Waals surface area (Å²) in [4.78, 5) is 15.7. The molecule has 0 saturated heterocycles. The van der Waals surface area contributed by atoms with Crippen molar-refractivity contribution in [1.29, 1.82) is 0 Å². The standard InChI is InChI=1S/C16H15N3O3/c1-22-14-4-2-3-11(7-14)10-19-6-5-12-8-13(16(20)18-21)9-17-15(12)19/h2-9,21H,10H2,1H3,(H,18,20). The zero-order valence-electron chi connectivity index (χ0n) is 12.0. The lowest BCUT2D eigenvalue weighted by atomic mass is 10.2. The summed E-state index contributed by atoms with van der Waals surface area (Å²) in [7, 11) is 1.64. The number of methoxy groups -OCH3 is 1. The van der Waals surface area contributed by atoms with E-state index in [0.717, 1.165) is 22.3 Å². The highest BCUT2D eigenvalue weighted by atomic mass is 16.5. The first-order chi connectivity index (χ1) is 10.7. The Kier molecular flexibility index (Phi) is 3.76. The largest absolute Gasteiger partial charge is 0.497 e. The van der Waals surface area contributed by atoms with Crippen LogP contribution in [-0.4, -0.2) is 27.8 Å². The molecule has 2 heterocycles. The second-order valence-corrected chi connectivity index (χ2v) is 4.87. The Morgan fingerprint density at radius 1 is 1.36 bits per heavy atom. The lowest BCUT2D eigenvalue weighted by molar-refractivity contribution is 0.0706. The van der Waals surface area contributed by atoms with Crippen molar-refractivity contribution >= 4 is 16.9 Å². The van der Waals surface area contributed by atoms with Crippen LogP contribution in [0.25, 0.3) is 11.0 Å². The molecule has 0 aliphatic carbocycles. The monoisotopic (exact) mass is 297 g/mol. The Bertz CT molecular complexity index is 826. The predicted octanol–water partition coefficient (Wildman–Crippen LogP) is 2.21. The second kappa shape index (κ2) is 5.87. The maximum absolute atomic E-state index is 11.4. The number of benzene rings is 1. The summed E-state index contributed by atoms with van der Waals surface area (Å²) in [6, 6.07) is 11.4. The van der Waals surface area contributed by atoms with Crippen molar-refractivity contribution in [2.45, 2.75) is 6.54 Å². The van der Waals surface area contributed by atoms with E-state index in [1.54, 1.807) is 18.7 Å². The topological polar surface area (TPSA) is 76.4 Å². The Labute approximate surface area is 126 Å². The summed E-state index contributed by atoms with van der Waals surface area (Å²) in [6.07, 6.45) is 3.35. The quantitative estimate of drug-likeness (QED) is 0.572. The average molecular weight is 297 g/mol. The molecule has 2 N–H and O–H groups in total. The van der Waals surface area contributed by atoms with Crippen molar-refractivity contribution in [2.75, 3.05) is 7.11 Å². The highest BCUT2D eigenvalue weighted by Gasteiger charge is 2.09. The van der Waals surface area contributed by atoms with E-state index < -0.39 is 5.91 Å². The summed E-state index contributed by atoms with van der Waals surface area (Å²) >= 11 is 0. The zero-order chi connectivity index (χ0) is 15.5. The van der Waals surface area contributed by atoms with Gasteiger partial charge in [0.1, 0.15) is 11.4 Å². The van der Waals surface area contributed by atoms with E-state index in [1.165, 1.54) is 6.20 Å². The first-order valence-electron chi connectivity index (χ1n) is 6.73. The molecule has 22 heavy (non-hydrogen) atoms. The van der Waals surface area contributed by atoms with E-state index >= 15 is 0 Å². The summed E-state index contributed by atoms with van der Waals surface area (Å²) in [5.41, 5.74) is 3.79. The fraction of sp³-hybridized carbons (Fsp3) is 0.125. The molecular formula is C16H15N3O3. The number of aromatic nitrogens is 2. The Hall–Kier alpha value is -2.86. The summed E-state index contributed by atoms with van der Waals surface area (Å²) in [5, 5.41) is 9.50. The summed E-state index contributed by atoms with van der Waals surface area (Å²) in [6.45, 7) is 0.652. The number of fused-ring (bicyclic) bond motifs is 1. The minimum absolute atomic E-state index is 0.314. The normalized spacial score (nSPS) is 10.6. The highest BCUT2D eigenvalue weighted by molar-refractivity contribution is 5.96. The third-order valence-electron chi connectivity index (χ3n) is 3.45. The Morgan fingerprint density at radius 3 is 3.00 bits per heavy atom. The number of amides is 1. The molecule has 0 spiro atoms. The third-order valence-corrected chi connectivity index (χ3v) is 3.45. The molecule has 6 nitrogen and oxygen atoms in total. The number of carbonyl (C=O) groups is 1. The minimum Gasteiger partial charge on any atom is -0.497 e. The molecule has 1 amide bonds. The Morgan fingerprint density at radius 2 is 2.23 bits per heavy atom. The van der Waals surface area contributed by atoms with Crippen molar-refractivity contribution in [3.63, 3.8) is 0 Å². The molecule has 3 aromatic rings. The van der Waals surface area contributed by atoms with Crippen molar-refractivity contribution in [1.82, 2.24) is 15.0 Å². The number of rotatable bonds is 4. The molecule has 3 rings (SSSR count). The van der Waals surface area contributed by atoms with Gasteiger partial charge < -0.3 is 9.30 Å². The SMILES string of the molecule is COc1cccc(Cn2ccc3cc(C(=O)NO)cnc32)c1. The average Bonchev–Trinajstić information content (AvgIpc) is 2.96. The smallest absolute Gasteiger partial charge is 0.276 e. The van der Waals surface area contributed by atoms with Crippen LogP contribution in [0.1, 0.15) is 15.9 Å². The molecule has 0 unspecified atom stereocenters. The Balaban J connectivity index is 1.93. The van der Waals surface area contributed by atoms with E-state index in [1.807, 2.05) is 41.1 Å². The molecule has 0 aliphatic heterocycles. The van der Waals surface area contributed by atoms with Crippen molar-refractivity contribution in [3.8, 4) is 5.75 Å². The number of ether oxygens (including phenoxy) is 1. The number of hydrogen-bond donors (Lipinski definition) is 2. The van der Waals surface area contributed by atoms with Gasteiger partial charge in [-0.3, -0.25) is 10.0 Å². The molecule has 0 bridgehead atoms. The lowest BCUT2D eigenvalue weighted by Crippen LogP contribution is -2.18. The molecule has 0 fully saturated rings. The summed E-state index contributed by atoms with van der Waals surface area (Å²) in [5.74, 6) is 0.235. The van der Waals surface area contributed by atoms with E-state index in [4.69, 9.17) is 9.94 Å². The number of pyridine rings is 1. The van der Waals surface area contributed by atoms with Crippen molar-refractivity contribution in [2.24, 2.45) is 0 Å². The van der Waals surface area contributed by atoms with Crippen LogP contribution in [0.15, 0.2) is 48.8 Å². The van der Waals surface area contributed by atoms with Gasteiger partial charge >= 0.3 is 0 Å². The minimum atomic E-state index is -0.574. The van der Waals surface area contributed by atoms with Crippen LogP contribution in [0, 0.1) is 0 Å².